The number of amides is 1. The molecule has 0 radical (unpaired) electrons. The molecule has 6 nitrogen and oxygen atoms in total. The number of aliphatic hydroxyl groups excluding tert-OH is 1. The Morgan fingerprint density at radius 2 is 1.27 bits per heavy atom. The first-order chi connectivity index (χ1) is 15.7. The minimum absolute atomic E-state index is 0.0000571. The third kappa shape index (κ3) is 10.7. The summed E-state index contributed by atoms with van der Waals surface area (Å²) in [4.78, 5) is 11.6. The molecule has 1 unspecified atom stereocenters. The van der Waals surface area contributed by atoms with Crippen molar-refractivity contribution in [2.75, 3.05) is 6.54 Å². The number of nitrogens with one attached hydrogen (secondary N) is 1. The number of benzene rings is 1. The van der Waals surface area contributed by atoms with Gasteiger partial charge in [0.2, 0.25) is 34.8 Å². The Morgan fingerprint density at radius 1 is 0.788 bits per heavy atom. The highest BCUT2D eigenvalue weighted by molar-refractivity contribution is 5.70. The van der Waals surface area contributed by atoms with Crippen molar-refractivity contribution in [3.63, 3.8) is 0 Å². The molecule has 1 rings (SSSR count). The van der Waals surface area contributed by atoms with Gasteiger partial charge in [0.25, 0.3) is 6.48 Å². The lowest BCUT2D eigenvalue weighted by molar-refractivity contribution is -0.257. The van der Waals surface area contributed by atoms with Crippen molar-refractivity contribution in [1.82, 2.24) is 5.32 Å². The molecule has 3 N–H and O–H groups in total. The third-order valence-corrected chi connectivity index (χ3v) is 5.03. The first-order valence-electron chi connectivity index (χ1n) is 11.2. The van der Waals surface area contributed by atoms with Gasteiger partial charge in [0.05, 0.1) is 6.10 Å². The number of aliphatic hydroxyl groups is 2. The van der Waals surface area contributed by atoms with Crippen LogP contribution in [0.15, 0.2) is 0 Å². The number of unbranched alkanes of at least 4 members (excludes halogenated alkanes) is 7. The minimum Gasteiger partial charge on any atom is -0.404 e. The van der Waals surface area contributed by atoms with E-state index in [-0.39, 0.29) is 12.6 Å². The van der Waals surface area contributed by atoms with E-state index in [1.807, 2.05) is 0 Å². The van der Waals surface area contributed by atoms with Crippen LogP contribution in [0.2, 0.25) is 0 Å². The van der Waals surface area contributed by atoms with Gasteiger partial charge >= 0.3 is 6.09 Å². The van der Waals surface area contributed by atoms with E-state index in [0.717, 1.165) is 25.7 Å². The quantitative estimate of drug-likeness (QED) is 0.0955. The van der Waals surface area contributed by atoms with Crippen LogP contribution in [0.1, 0.15) is 77.6 Å². The molecule has 0 aromatic heterocycles. The first kappa shape index (κ1) is 29.1. The maximum absolute atomic E-state index is 13.5. The Hall–Kier alpha value is -1.98. The molecule has 0 aliphatic rings. The van der Waals surface area contributed by atoms with Gasteiger partial charge in [0.15, 0.2) is 0 Å². The van der Waals surface area contributed by atoms with Crippen LogP contribution in [0.4, 0.5) is 26.7 Å². The average molecular weight is 485 g/mol. The summed E-state index contributed by atoms with van der Waals surface area (Å²) in [6, 6.07) is 0. The predicted octanol–water partition coefficient (Wildman–Crippen LogP) is 5.43. The zero-order valence-electron chi connectivity index (χ0n) is 18.6. The molecule has 11 heteroatoms. The predicted molar refractivity (Wildman–Crippen MR) is 110 cm³/mol. The highest BCUT2D eigenvalue weighted by atomic mass is 19.2. The summed E-state index contributed by atoms with van der Waals surface area (Å²) >= 11 is 0. The Balaban J connectivity index is 2.35. The summed E-state index contributed by atoms with van der Waals surface area (Å²) < 4.78 is 75.6. The van der Waals surface area contributed by atoms with E-state index in [1.165, 1.54) is 19.3 Å². The van der Waals surface area contributed by atoms with Crippen molar-refractivity contribution in [3.05, 3.63) is 29.1 Å². The second kappa shape index (κ2) is 15.8. The fourth-order valence-corrected chi connectivity index (χ4v) is 3.27. The van der Waals surface area contributed by atoms with Crippen LogP contribution in [-0.4, -0.2) is 35.4 Å². The van der Waals surface area contributed by atoms with Crippen LogP contribution >= 0.6 is 0 Å². The summed E-state index contributed by atoms with van der Waals surface area (Å²) in [6.07, 6.45) is 7.97. The minimum atomic E-state index is -2.35. The number of carbonyl (C=O) groups excluding carboxylic acids is 1. The molecule has 190 valence electrons. The van der Waals surface area contributed by atoms with Gasteiger partial charge in [-0.25, -0.2) is 18.0 Å². The summed E-state index contributed by atoms with van der Waals surface area (Å²) in [5.74, 6) is -12.9. The van der Waals surface area contributed by atoms with Gasteiger partial charge < -0.3 is 25.0 Å². The largest absolute Gasteiger partial charge is 0.412 e. The van der Waals surface area contributed by atoms with Gasteiger partial charge in [0.1, 0.15) is 0 Å². The van der Waals surface area contributed by atoms with Gasteiger partial charge in [-0.1, -0.05) is 51.9 Å². The van der Waals surface area contributed by atoms with E-state index in [2.05, 4.69) is 17.0 Å². The topological polar surface area (TPSA) is 88.0 Å². The Bertz CT molecular complexity index is 707. The maximum Gasteiger partial charge on any atom is 0.412 e. The summed E-state index contributed by atoms with van der Waals surface area (Å²) in [5.41, 5.74) is 0. The summed E-state index contributed by atoms with van der Waals surface area (Å²) in [5, 5.41) is 20.3. The third-order valence-electron chi connectivity index (χ3n) is 5.03. The number of rotatable bonds is 16. The zero-order valence-corrected chi connectivity index (χ0v) is 18.6. The van der Waals surface area contributed by atoms with E-state index in [4.69, 9.17) is 14.9 Å². The molecular formula is C22H32F5NO5. The van der Waals surface area contributed by atoms with Crippen molar-refractivity contribution < 1.29 is 46.4 Å². The van der Waals surface area contributed by atoms with Gasteiger partial charge in [-0.3, -0.25) is 0 Å². The smallest absolute Gasteiger partial charge is 0.404 e. The van der Waals surface area contributed by atoms with Gasteiger partial charge in [-0.2, -0.15) is 8.78 Å². The molecule has 0 bridgehead atoms. The molecule has 0 aliphatic heterocycles. The van der Waals surface area contributed by atoms with Crippen LogP contribution < -0.4 is 10.1 Å². The molecule has 1 aromatic carbocycles. The lowest BCUT2D eigenvalue weighted by atomic mass is 10.0. The van der Waals surface area contributed by atoms with Gasteiger partial charge in [0, 0.05) is 6.54 Å². The number of halogens is 5. The fraction of sp³-hybridized carbons (Fsp3) is 0.682. The van der Waals surface area contributed by atoms with Crippen molar-refractivity contribution in [1.29, 1.82) is 0 Å². The molecule has 33 heavy (non-hydrogen) atoms. The van der Waals surface area contributed by atoms with E-state index in [1.54, 1.807) is 0 Å². The molecule has 0 spiro atoms. The molecule has 0 fully saturated rings. The summed E-state index contributed by atoms with van der Waals surface area (Å²) in [6.45, 7) is 0.252. The second-order valence-electron chi connectivity index (χ2n) is 7.71. The molecule has 0 aliphatic carbocycles. The molecule has 0 saturated carbocycles. The SMILES string of the molecule is CCCCCCCCCC(CCCCNC(=O)Oc1c(F)c(F)c(F)c(F)c1F)OC(O)O. The van der Waals surface area contributed by atoms with Crippen molar-refractivity contribution in [2.24, 2.45) is 0 Å². The summed E-state index contributed by atoms with van der Waals surface area (Å²) in [7, 11) is 0. The Morgan fingerprint density at radius 3 is 1.82 bits per heavy atom. The Kier molecular flexibility index (Phi) is 13.9. The van der Waals surface area contributed by atoms with Crippen LogP contribution in [-0.2, 0) is 4.74 Å². The molecule has 0 saturated heterocycles. The number of carbonyl (C=O) groups is 1. The van der Waals surface area contributed by atoms with E-state index < -0.39 is 47.4 Å². The van der Waals surface area contributed by atoms with Crippen LogP contribution in [0.3, 0.4) is 0 Å². The lowest BCUT2D eigenvalue weighted by Crippen LogP contribution is -2.29. The lowest BCUT2D eigenvalue weighted by Gasteiger charge is -2.19. The molecule has 0 heterocycles. The standard InChI is InChI=1S/C22H32F5NO5/c1-2-3-4-5-6-7-8-11-14(32-22(30)31)12-9-10-13-28-21(29)33-20-18(26)16(24)15(23)17(25)19(20)27/h14,22,30-31H,2-13H2,1H3,(H,28,29). The molecule has 1 atom stereocenters. The average Bonchev–Trinajstić information content (AvgIpc) is 2.77. The highest BCUT2D eigenvalue weighted by Gasteiger charge is 2.28. The molecule has 1 aromatic rings. The van der Waals surface area contributed by atoms with Crippen LogP contribution in [0, 0.1) is 29.1 Å². The van der Waals surface area contributed by atoms with Gasteiger partial charge in [-0.15, -0.1) is 0 Å². The van der Waals surface area contributed by atoms with Crippen molar-refractivity contribution in [3.8, 4) is 5.75 Å². The van der Waals surface area contributed by atoms with Crippen LogP contribution in [0.25, 0.3) is 0 Å². The first-order valence-corrected chi connectivity index (χ1v) is 11.2. The van der Waals surface area contributed by atoms with E-state index in [0.29, 0.717) is 25.7 Å². The number of hydrogen-bond acceptors (Lipinski definition) is 5. The van der Waals surface area contributed by atoms with Crippen LogP contribution in [0.5, 0.6) is 5.75 Å². The van der Waals surface area contributed by atoms with E-state index >= 15 is 0 Å². The number of hydrogen-bond donors (Lipinski definition) is 3. The Labute approximate surface area is 190 Å². The zero-order chi connectivity index (χ0) is 24.8. The second-order valence-corrected chi connectivity index (χ2v) is 7.71. The fourth-order valence-electron chi connectivity index (χ4n) is 3.27. The number of ether oxygens (including phenoxy) is 2. The molecular weight excluding hydrogens is 453 g/mol. The van der Waals surface area contributed by atoms with E-state index in [9.17, 15) is 26.7 Å². The van der Waals surface area contributed by atoms with Crippen molar-refractivity contribution in [2.45, 2.75) is 90.1 Å². The molecule has 1 amide bonds. The monoisotopic (exact) mass is 485 g/mol. The van der Waals surface area contributed by atoms with Gasteiger partial charge in [-0.05, 0) is 25.7 Å². The normalized spacial score (nSPS) is 12.3. The maximum atomic E-state index is 13.5. The van der Waals surface area contributed by atoms with Crippen molar-refractivity contribution >= 4 is 6.09 Å². The highest BCUT2D eigenvalue weighted by Crippen LogP contribution is 2.29.